The highest BCUT2D eigenvalue weighted by Crippen LogP contribution is 2.30. The first-order valence-corrected chi connectivity index (χ1v) is 9.49. The molecular formula is C21H21F3O8. The molecular weight excluding hydrogens is 437 g/mol. The monoisotopic (exact) mass is 458 g/mol. The Hall–Kier alpha value is -2.70. The summed E-state index contributed by atoms with van der Waals surface area (Å²) in [7, 11) is 0. The van der Waals surface area contributed by atoms with Crippen molar-refractivity contribution in [3.63, 3.8) is 0 Å². The van der Waals surface area contributed by atoms with E-state index in [4.69, 9.17) is 9.47 Å². The summed E-state index contributed by atoms with van der Waals surface area (Å²) in [6.45, 7) is 0.918. The van der Waals surface area contributed by atoms with Gasteiger partial charge in [0.15, 0.2) is 0 Å². The van der Waals surface area contributed by atoms with Crippen molar-refractivity contribution in [2.75, 3.05) is 6.61 Å². The van der Waals surface area contributed by atoms with Crippen molar-refractivity contribution in [3.05, 3.63) is 53.6 Å². The number of carbonyl (C=O) groups is 1. The molecule has 174 valence electrons. The molecule has 1 saturated heterocycles. The van der Waals surface area contributed by atoms with E-state index in [0.29, 0.717) is 16.7 Å². The number of rotatable bonds is 5. The van der Waals surface area contributed by atoms with Gasteiger partial charge >= 0.3 is 12.3 Å². The number of alkyl halides is 3. The zero-order valence-electron chi connectivity index (χ0n) is 16.7. The van der Waals surface area contributed by atoms with Gasteiger partial charge in [-0.3, -0.25) is 0 Å². The lowest BCUT2D eigenvalue weighted by atomic mass is 9.96. The fraction of sp³-hybridized carbons (Fsp3) is 0.381. The largest absolute Gasteiger partial charge is 0.573 e. The zero-order valence-corrected chi connectivity index (χ0v) is 16.7. The number of aliphatic hydroxyl groups excluding tert-OH is 4. The summed E-state index contributed by atoms with van der Waals surface area (Å²) in [6.07, 6.45) is -12.7. The van der Waals surface area contributed by atoms with Crippen molar-refractivity contribution in [3.8, 4) is 16.9 Å². The summed E-state index contributed by atoms with van der Waals surface area (Å²) < 4.78 is 51.2. The number of esters is 1. The van der Waals surface area contributed by atoms with Gasteiger partial charge in [0.1, 0.15) is 30.2 Å². The van der Waals surface area contributed by atoms with E-state index in [2.05, 4.69) is 4.74 Å². The smallest absolute Gasteiger partial charge is 0.429 e. The average molecular weight is 458 g/mol. The van der Waals surface area contributed by atoms with Crippen LogP contribution in [-0.2, 0) is 9.47 Å². The average Bonchev–Trinajstić information content (AvgIpc) is 2.74. The Morgan fingerprint density at radius 1 is 1.03 bits per heavy atom. The van der Waals surface area contributed by atoms with Crippen molar-refractivity contribution in [2.24, 2.45) is 0 Å². The maximum absolute atomic E-state index is 12.7. The van der Waals surface area contributed by atoms with Gasteiger partial charge in [0.25, 0.3) is 0 Å². The third-order valence-corrected chi connectivity index (χ3v) is 5.02. The molecule has 1 aliphatic rings. The molecule has 5 atom stereocenters. The van der Waals surface area contributed by atoms with E-state index < -0.39 is 55.4 Å². The number of carbonyl (C=O) groups excluding carboxylic acids is 1. The van der Waals surface area contributed by atoms with E-state index in [1.165, 1.54) is 24.3 Å². The first-order chi connectivity index (χ1) is 15.0. The van der Waals surface area contributed by atoms with Crippen LogP contribution in [-0.4, -0.2) is 70.1 Å². The lowest BCUT2D eigenvalue weighted by molar-refractivity contribution is -0.285. The molecule has 2 aromatic carbocycles. The maximum atomic E-state index is 12.7. The molecule has 0 aliphatic carbocycles. The van der Waals surface area contributed by atoms with Crippen LogP contribution in [0.4, 0.5) is 13.2 Å². The Balaban J connectivity index is 1.80. The Bertz CT molecular complexity index is 945. The predicted octanol–water partition coefficient (Wildman–Crippen LogP) is 1.52. The molecule has 0 amide bonds. The summed E-state index contributed by atoms with van der Waals surface area (Å²) in [5.74, 6) is -1.30. The molecule has 0 bridgehead atoms. The minimum atomic E-state index is -4.81. The summed E-state index contributed by atoms with van der Waals surface area (Å²) in [5, 5.41) is 38.9. The fourth-order valence-corrected chi connectivity index (χ4v) is 3.34. The molecule has 0 saturated carbocycles. The number of benzene rings is 2. The highest BCUT2D eigenvalue weighted by Gasteiger charge is 2.45. The predicted molar refractivity (Wildman–Crippen MR) is 102 cm³/mol. The second-order valence-electron chi connectivity index (χ2n) is 7.15. The van der Waals surface area contributed by atoms with Crippen LogP contribution in [0.3, 0.4) is 0 Å². The van der Waals surface area contributed by atoms with Gasteiger partial charge in [-0.05, 0) is 41.8 Å². The molecule has 2 aromatic rings. The Kier molecular flexibility index (Phi) is 7.06. The first kappa shape index (κ1) is 24.0. The van der Waals surface area contributed by atoms with Crippen molar-refractivity contribution < 1.29 is 52.6 Å². The van der Waals surface area contributed by atoms with Crippen LogP contribution in [0.15, 0.2) is 42.5 Å². The van der Waals surface area contributed by atoms with E-state index >= 15 is 0 Å². The Morgan fingerprint density at radius 3 is 2.28 bits per heavy atom. The molecule has 0 radical (unpaired) electrons. The minimum absolute atomic E-state index is 0.0788. The van der Waals surface area contributed by atoms with Gasteiger partial charge in [0.2, 0.25) is 6.29 Å². The lowest BCUT2D eigenvalue weighted by Gasteiger charge is -2.39. The summed E-state index contributed by atoms with van der Waals surface area (Å²) in [5.41, 5.74) is 1.56. The van der Waals surface area contributed by atoms with Crippen LogP contribution in [0, 0.1) is 6.92 Å². The molecule has 3 rings (SSSR count). The van der Waals surface area contributed by atoms with Gasteiger partial charge in [0, 0.05) is 0 Å². The van der Waals surface area contributed by atoms with Crippen molar-refractivity contribution in [2.45, 2.75) is 44.0 Å². The SMILES string of the molecule is Cc1c(C(=O)O[C@@H]2O[C@H](CO)[C@@H](O)[C@H](O)[C@H]2O)cccc1-c1ccc(OC(F)(F)F)cc1. The molecule has 1 heterocycles. The summed E-state index contributed by atoms with van der Waals surface area (Å²) in [4.78, 5) is 12.7. The van der Waals surface area contributed by atoms with Crippen molar-refractivity contribution in [1.29, 1.82) is 0 Å². The van der Waals surface area contributed by atoms with Crippen LogP contribution in [0.2, 0.25) is 0 Å². The Morgan fingerprint density at radius 2 is 1.69 bits per heavy atom. The number of hydrogen-bond donors (Lipinski definition) is 4. The number of halogens is 3. The maximum Gasteiger partial charge on any atom is 0.573 e. The van der Waals surface area contributed by atoms with Gasteiger partial charge < -0.3 is 34.6 Å². The van der Waals surface area contributed by atoms with Gasteiger partial charge in [-0.1, -0.05) is 24.3 Å². The standard InChI is InChI=1S/C21H21F3O8/c1-10-13(11-5-7-12(8-6-11)32-21(22,23)24)3-2-4-14(10)19(29)31-20-18(28)17(27)16(26)15(9-25)30-20/h2-8,15-18,20,25-28H,9H2,1H3/t15-,16-,17+,18-,20+/m1/s1. The molecule has 0 unspecified atom stereocenters. The van der Waals surface area contributed by atoms with Gasteiger partial charge in [-0.2, -0.15) is 0 Å². The van der Waals surface area contributed by atoms with Crippen LogP contribution in [0.25, 0.3) is 11.1 Å². The van der Waals surface area contributed by atoms with Crippen molar-refractivity contribution in [1.82, 2.24) is 0 Å². The summed E-state index contributed by atoms with van der Waals surface area (Å²) in [6, 6.07) is 9.70. The minimum Gasteiger partial charge on any atom is -0.429 e. The highest BCUT2D eigenvalue weighted by atomic mass is 19.4. The van der Waals surface area contributed by atoms with Crippen molar-refractivity contribution >= 4 is 5.97 Å². The fourth-order valence-electron chi connectivity index (χ4n) is 3.34. The van der Waals surface area contributed by atoms with Crippen LogP contribution >= 0.6 is 0 Å². The van der Waals surface area contributed by atoms with Gasteiger partial charge in [-0.15, -0.1) is 13.2 Å². The molecule has 0 spiro atoms. The van der Waals surface area contributed by atoms with Gasteiger partial charge in [0.05, 0.1) is 12.2 Å². The first-order valence-electron chi connectivity index (χ1n) is 9.49. The Labute approximate surface area is 180 Å². The number of ether oxygens (including phenoxy) is 3. The van der Waals surface area contributed by atoms with Gasteiger partial charge in [-0.25, -0.2) is 4.79 Å². The van der Waals surface area contributed by atoms with E-state index in [1.54, 1.807) is 13.0 Å². The van der Waals surface area contributed by atoms with Crippen LogP contribution < -0.4 is 4.74 Å². The van der Waals surface area contributed by atoms with Crippen LogP contribution in [0.1, 0.15) is 15.9 Å². The van der Waals surface area contributed by atoms with E-state index in [9.17, 15) is 38.4 Å². The molecule has 4 N–H and O–H groups in total. The molecule has 1 aliphatic heterocycles. The zero-order chi connectivity index (χ0) is 23.6. The third kappa shape index (κ3) is 5.19. The second-order valence-corrected chi connectivity index (χ2v) is 7.15. The quantitative estimate of drug-likeness (QED) is 0.497. The third-order valence-electron chi connectivity index (χ3n) is 5.02. The summed E-state index contributed by atoms with van der Waals surface area (Å²) >= 11 is 0. The van der Waals surface area contributed by atoms with E-state index in [0.717, 1.165) is 12.1 Å². The molecule has 1 fully saturated rings. The van der Waals surface area contributed by atoms with E-state index in [-0.39, 0.29) is 5.56 Å². The topological polar surface area (TPSA) is 126 Å². The molecule has 0 aromatic heterocycles. The second kappa shape index (κ2) is 9.43. The normalized spacial score (nSPS) is 25.9. The molecule has 32 heavy (non-hydrogen) atoms. The highest BCUT2D eigenvalue weighted by molar-refractivity contribution is 5.93. The number of hydrogen-bond acceptors (Lipinski definition) is 8. The molecule has 8 nitrogen and oxygen atoms in total. The molecule has 11 heteroatoms. The van der Waals surface area contributed by atoms with E-state index in [1.807, 2.05) is 0 Å². The van der Waals surface area contributed by atoms with Crippen LogP contribution in [0.5, 0.6) is 5.75 Å². The lowest BCUT2D eigenvalue weighted by Crippen LogP contribution is -2.59. The number of aliphatic hydroxyl groups is 4.